The molecule has 0 radical (unpaired) electrons. The average Bonchev–Trinajstić information content (AvgIpc) is 2.92. The van der Waals surface area contributed by atoms with E-state index < -0.39 is 23.7 Å². The summed E-state index contributed by atoms with van der Waals surface area (Å²) in [6, 6.07) is 9.82. The molecule has 1 atom stereocenters. The Morgan fingerprint density at radius 1 is 0.897 bits per heavy atom. The van der Waals surface area contributed by atoms with Gasteiger partial charge < -0.3 is 9.47 Å². The lowest BCUT2D eigenvalue weighted by Gasteiger charge is -2.11. The molecule has 4 nitrogen and oxygen atoms in total. The molecule has 2 aromatic rings. The minimum absolute atomic E-state index is 0.00672. The fraction of sp³-hybridized carbons (Fsp3) is 0.182. The number of benzene rings is 2. The Kier molecular flexibility index (Phi) is 5.09. The molecule has 0 fully saturated rings. The predicted octanol–water partition coefficient (Wildman–Crippen LogP) is 5.32. The van der Waals surface area contributed by atoms with Crippen LogP contribution in [0, 0.1) is 0 Å². The quantitative estimate of drug-likeness (QED) is 0.394. The molecule has 0 N–H and O–H groups in total. The summed E-state index contributed by atoms with van der Waals surface area (Å²) in [5.41, 5.74) is 2.13. The zero-order valence-corrected chi connectivity index (χ0v) is 15.7. The molecule has 0 amide bonds. The van der Waals surface area contributed by atoms with Crippen molar-refractivity contribution in [2.75, 3.05) is 0 Å². The highest BCUT2D eigenvalue weighted by atomic mass is 19.4. The maximum atomic E-state index is 12.6. The van der Waals surface area contributed by atoms with E-state index in [9.17, 15) is 22.8 Å². The molecule has 1 aliphatic rings. The molecule has 0 spiro atoms. The minimum atomic E-state index is -4.85. The van der Waals surface area contributed by atoms with Crippen LogP contribution in [-0.4, -0.2) is 18.1 Å². The fourth-order valence-corrected chi connectivity index (χ4v) is 3.06. The monoisotopic (exact) mass is 402 g/mol. The van der Waals surface area contributed by atoms with Gasteiger partial charge in [0.05, 0.1) is 0 Å². The van der Waals surface area contributed by atoms with Crippen molar-refractivity contribution in [2.45, 2.75) is 25.9 Å². The zero-order chi connectivity index (χ0) is 21.5. The average molecular weight is 402 g/mol. The molecule has 2 aromatic carbocycles. The summed E-state index contributed by atoms with van der Waals surface area (Å²) < 4.78 is 47.9. The first kappa shape index (κ1) is 20.4. The Balaban J connectivity index is 1.86. The number of fused-ring (bicyclic) bond motifs is 3. The molecule has 0 aromatic heterocycles. The van der Waals surface area contributed by atoms with Crippen LogP contribution >= 0.6 is 0 Å². The summed E-state index contributed by atoms with van der Waals surface area (Å²) in [5, 5.41) is 0. The molecular weight excluding hydrogens is 385 g/mol. The Labute approximate surface area is 165 Å². The van der Waals surface area contributed by atoms with E-state index in [1.165, 1.54) is 12.1 Å². The smallest absolute Gasteiger partial charge is 0.422 e. The SMILES string of the molecule is C=C(C)C(=O)Oc1ccc2c(c1)C(C)c1cc(OC(=O)C(=C)C(F)(F)F)ccc1-2. The Bertz CT molecular complexity index is 1050. The Morgan fingerprint density at radius 3 is 1.76 bits per heavy atom. The lowest BCUT2D eigenvalue weighted by molar-refractivity contribution is -0.142. The van der Waals surface area contributed by atoms with Crippen LogP contribution < -0.4 is 9.47 Å². The maximum Gasteiger partial charge on any atom is 0.422 e. The number of rotatable bonds is 4. The van der Waals surface area contributed by atoms with E-state index in [1.54, 1.807) is 31.2 Å². The first-order chi connectivity index (χ1) is 13.5. The molecule has 3 rings (SSSR count). The van der Waals surface area contributed by atoms with Gasteiger partial charge in [0.1, 0.15) is 17.1 Å². The standard InChI is InChI=1S/C22H17F3O4/c1-11(2)20(26)28-14-5-7-16-17-8-6-15(10-19(17)12(3)18(16)9-14)29-21(27)13(4)22(23,24)25/h5-10,12H,1,4H2,2-3H3. The maximum absolute atomic E-state index is 12.6. The van der Waals surface area contributed by atoms with E-state index in [0.717, 1.165) is 22.3 Å². The second-order valence-electron chi connectivity index (χ2n) is 6.76. The lowest BCUT2D eigenvalue weighted by Crippen LogP contribution is -2.23. The third-order valence-electron chi connectivity index (χ3n) is 4.63. The van der Waals surface area contributed by atoms with Gasteiger partial charge in [-0.2, -0.15) is 13.2 Å². The summed E-state index contributed by atoms with van der Waals surface area (Å²) in [6.45, 7) is 9.72. The molecule has 0 bridgehead atoms. The first-order valence-corrected chi connectivity index (χ1v) is 8.63. The molecule has 1 aliphatic carbocycles. The van der Waals surface area contributed by atoms with Gasteiger partial charge in [-0.25, -0.2) is 9.59 Å². The van der Waals surface area contributed by atoms with Crippen molar-refractivity contribution in [3.05, 3.63) is 71.8 Å². The Morgan fingerprint density at radius 2 is 1.34 bits per heavy atom. The van der Waals surface area contributed by atoms with E-state index in [0.29, 0.717) is 5.75 Å². The summed E-state index contributed by atoms with van der Waals surface area (Å²) in [7, 11) is 0. The van der Waals surface area contributed by atoms with Crippen LogP contribution in [0.4, 0.5) is 13.2 Å². The zero-order valence-electron chi connectivity index (χ0n) is 15.7. The van der Waals surface area contributed by atoms with E-state index in [2.05, 4.69) is 13.2 Å². The first-order valence-electron chi connectivity index (χ1n) is 8.63. The molecule has 7 heteroatoms. The Hall–Kier alpha value is -3.35. The molecule has 0 saturated heterocycles. The molecular formula is C22H17F3O4. The van der Waals surface area contributed by atoms with Gasteiger partial charge in [0.15, 0.2) is 0 Å². The molecule has 1 unspecified atom stereocenters. The van der Waals surface area contributed by atoms with Crippen molar-refractivity contribution in [2.24, 2.45) is 0 Å². The van der Waals surface area contributed by atoms with Gasteiger partial charge in [-0.15, -0.1) is 0 Å². The van der Waals surface area contributed by atoms with Crippen molar-refractivity contribution < 1.29 is 32.2 Å². The van der Waals surface area contributed by atoms with Gasteiger partial charge in [-0.05, 0) is 53.4 Å². The van der Waals surface area contributed by atoms with E-state index in [1.807, 2.05) is 6.92 Å². The number of ether oxygens (including phenoxy) is 2. The largest absolute Gasteiger partial charge is 0.423 e. The van der Waals surface area contributed by atoms with Crippen LogP contribution in [0.15, 0.2) is 60.7 Å². The van der Waals surface area contributed by atoms with Gasteiger partial charge in [-0.1, -0.05) is 32.2 Å². The van der Waals surface area contributed by atoms with Crippen LogP contribution in [0.25, 0.3) is 11.1 Å². The van der Waals surface area contributed by atoms with Gasteiger partial charge in [0.25, 0.3) is 0 Å². The van der Waals surface area contributed by atoms with Gasteiger partial charge >= 0.3 is 18.1 Å². The number of hydrogen-bond donors (Lipinski definition) is 0. The van der Waals surface area contributed by atoms with Gasteiger partial charge in [0, 0.05) is 11.5 Å². The van der Waals surface area contributed by atoms with E-state index in [-0.39, 0.29) is 17.2 Å². The molecule has 0 heterocycles. The van der Waals surface area contributed by atoms with Crippen LogP contribution in [0.3, 0.4) is 0 Å². The minimum Gasteiger partial charge on any atom is -0.423 e. The summed E-state index contributed by atoms with van der Waals surface area (Å²) in [4.78, 5) is 23.4. The number of alkyl halides is 3. The number of esters is 2. The van der Waals surface area contributed by atoms with Crippen molar-refractivity contribution in [3.63, 3.8) is 0 Å². The lowest BCUT2D eigenvalue weighted by atomic mass is 9.99. The second kappa shape index (κ2) is 7.24. The number of carbonyl (C=O) groups is 2. The number of hydrogen-bond acceptors (Lipinski definition) is 4. The van der Waals surface area contributed by atoms with E-state index in [4.69, 9.17) is 9.47 Å². The highest BCUT2D eigenvalue weighted by molar-refractivity contribution is 5.91. The second-order valence-corrected chi connectivity index (χ2v) is 6.76. The van der Waals surface area contributed by atoms with Crippen LogP contribution in [-0.2, 0) is 9.59 Å². The van der Waals surface area contributed by atoms with E-state index >= 15 is 0 Å². The van der Waals surface area contributed by atoms with Gasteiger partial charge in [-0.3, -0.25) is 0 Å². The fourth-order valence-electron chi connectivity index (χ4n) is 3.06. The van der Waals surface area contributed by atoms with Crippen molar-refractivity contribution in [1.82, 2.24) is 0 Å². The third-order valence-corrected chi connectivity index (χ3v) is 4.63. The molecule has 29 heavy (non-hydrogen) atoms. The highest BCUT2D eigenvalue weighted by Crippen LogP contribution is 2.47. The van der Waals surface area contributed by atoms with Gasteiger partial charge in [0.2, 0.25) is 0 Å². The van der Waals surface area contributed by atoms with Crippen molar-refractivity contribution in [1.29, 1.82) is 0 Å². The normalized spacial score (nSPS) is 14.6. The summed E-state index contributed by atoms with van der Waals surface area (Å²) >= 11 is 0. The topological polar surface area (TPSA) is 52.6 Å². The van der Waals surface area contributed by atoms with Crippen LogP contribution in [0.2, 0.25) is 0 Å². The highest BCUT2D eigenvalue weighted by Gasteiger charge is 2.38. The van der Waals surface area contributed by atoms with Crippen molar-refractivity contribution >= 4 is 11.9 Å². The van der Waals surface area contributed by atoms with Crippen LogP contribution in [0.5, 0.6) is 11.5 Å². The number of halogens is 3. The summed E-state index contributed by atoms with van der Waals surface area (Å²) in [5.74, 6) is -1.87. The molecule has 150 valence electrons. The van der Waals surface area contributed by atoms with Crippen molar-refractivity contribution in [3.8, 4) is 22.6 Å². The third kappa shape index (κ3) is 3.94. The summed E-state index contributed by atoms with van der Waals surface area (Å²) in [6.07, 6.45) is -4.85. The van der Waals surface area contributed by atoms with Crippen LogP contribution in [0.1, 0.15) is 30.9 Å². The molecule has 0 saturated carbocycles. The number of carbonyl (C=O) groups excluding carboxylic acids is 2. The molecule has 0 aliphatic heterocycles. The predicted molar refractivity (Wildman–Crippen MR) is 101 cm³/mol.